The first-order chi connectivity index (χ1) is 4.81. The smallest absolute Gasteiger partial charge is 0.0683 e. The van der Waals surface area contributed by atoms with E-state index in [9.17, 15) is 0 Å². The van der Waals surface area contributed by atoms with E-state index in [-0.39, 0.29) is 6.11 Å². The average molecular weight is 250 g/mol. The Morgan fingerprint density at radius 3 is 1.70 bits per heavy atom. The van der Waals surface area contributed by atoms with E-state index < -0.39 is 0 Å². The molecule has 0 radical (unpaired) electrons. The largest absolute Gasteiger partial charge is 0.0683 e. The molecule has 63 valence electrons. The third-order valence-corrected chi connectivity index (χ3v) is 3.60. The maximum absolute atomic E-state index is 3.64. The van der Waals surface area contributed by atoms with Crippen molar-refractivity contribution in [3.05, 3.63) is 25.3 Å². The van der Waals surface area contributed by atoms with Crippen molar-refractivity contribution in [2.24, 2.45) is 0 Å². The molecule has 0 atom stereocenters. The van der Waals surface area contributed by atoms with Gasteiger partial charge in [0.1, 0.15) is 0 Å². The minimum absolute atomic E-state index is 0.0331. The predicted molar refractivity (Wildman–Crippen MR) is 48.4 cm³/mol. The molecule has 0 N–H and O–H groups in total. The quantitative estimate of drug-likeness (QED) is 0.407. The van der Waals surface area contributed by atoms with E-state index in [0.29, 0.717) is 0 Å². The van der Waals surface area contributed by atoms with Gasteiger partial charge in [0, 0.05) is 0 Å². The molecular formula is C8H16PPd. The van der Waals surface area contributed by atoms with Gasteiger partial charge in [-0.15, -0.1) is 0 Å². The molecule has 0 unspecified atom stereocenters. The summed E-state index contributed by atoms with van der Waals surface area (Å²) >= 11 is 3.27. The van der Waals surface area contributed by atoms with Crippen LogP contribution in [-0.4, -0.2) is 12.3 Å². The molecule has 0 fully saturated rings. The van der Waals surface area contributed by atoms with Crippen LogP contribution in [0.4, 0.5) is 0 Å². The van der Waals surface area contributed by atoms with E-state index in [1.54, 1.807) is 0 Å². The van der Waals surface area contributed by atoms with Crippen LogP contribution in [0.1, 0.15) is 13.8 Å². The molecule has 0 amide bonds. The Morgan fingerprint density at radius 1 is 1.20 bits per heavy atom. The van der Waals surface area contributed by atoms with Crippen LogP contribution in [0.2, 0.25) is 0 Å². The molecule has 0 heterocycles. The molecule has 0 aliphatic rings. The van der Waals surface area contributed by atoms with Crippen molar-refractivity contribution in [3.8, 4) is 0 Å². The van der Waals surface area contributed by atoms with Gasteiger partial charge < -0.3 is 0 Å². The van der Waals surface area contributed by atoms with E-state index in [2.05, 4.69) is 31.9 Å². The second kappa shape index (κ2) is 12.3. The van der Waals surface area contributed by atoms with Crippen molar-refractivity contribution in [2.45, 2.75) is 13.8 Å². The van der Waals surface area contributed by atoms with Gasteiger partial charge >= 0.3 is 62.4 Å². The Kier molecular flexibility index (Phi) is 16.2. The minimum Gasteiger partial charge on any atom is -0.0683 e. The number of allylic oxidation sites excluding steroid dienone is 2. The van der Waals surface area contributed by atoms with Crippen molar-refractivity contribution in [3.63, 3.8) is 0 Å². The SMILES string of the molecule is C=CC[P]([Pd])CC=C.CC. The average Bonchev–Trinajstić information content (AvgIpc) is 1.93. The van der Waals surface area contributed by atoms with E-state index in [1.807, 2.05) is 26.0 Å². The fraction of sp³-hybridized carbons (Fsp3) is 0.500. The van der Waals surface area contributed by atoms with Gasteiger partial charge in [-0.3, -0.25) is 0 Å². The second-order valence-electron chi connectivity index (χ2n) is 1.37. The molecule has 0 aliphatic heterocycles. The minimum atomic E-state index is 0.0331. The molecule has 0 aromatic carbocycles. The Hall–Kier alpha value is 0.572. The Balaban J connectivity index is 0. The summed E-state index contributed by atoms with van der Waals surface area (Å²) in [5, 5.41) is 0. The van der Waals surface area contributed by atoms with E-state index >= 15 is 0 Å². The van der Waals surface area contributed by atoms with E-state index in [0.717, 1.165) is 12.3 Å². The zero-order valence-corrected chi connectivity index (χ0v) is 9.20. The van der Waals surface area contributed by atoms with Crippen LogP contribution in [0, 0.1) is 0 Å². The standard InChI is InChI=1S/C6H10P.C2H6.Pd/c1-3-5-7-6-4-2;1-2;/h3-4H,1-2,5-6H2;1-2H3;/q-1;;+1. The summed E-state index contributed by atoms with van der Waals surface area (Å²) < 4.78 is 0. The van der Waals surface area contributed by atoms with Crippen molar-refractivity contribution in [1.29, 1.82) is 0 Å². The van der Waals surface area contributed by atoms with Crippen LogP contribution in [0.3, 0.4) is 0 Å². The van der Waals surface area contributed by atoms with E-state index in [4.69, 9.17) is 0 Å². The van der Waals surface area contributed by atoms with Gasteiger partial charge in [-0.25, -0.2) is 0 Å². The zero-order chi connectivity index (χ0) is 8.41. The molecule has 10 heavy (non-hydrogen) atoms. The van der Waals surface area contributed by atoms with Crippen molar-refractivity contribution in [2.75, 3.05) is 12.3 Å². The Labute approximate surface area is 76.4 Å². The topological polar surface area (TPSA) is 0 Å². The molecule has 0 saturated carbocycles. The summed E-state index contributed by atoms with van der Waals surface area (Å²) in [4.78, 5) is 0. The normalized spacial score (nSPS) is 8.10. The van der Waals surface area contributed by atoms with Gasteiger partial charge in [0.05, 0.1) is 0 Å². The summed E-state index contributed by atoms with van der Waals surface area (Å²) in [7, 11) is 0. The van der Waals surface area contributed by atoms with Crippen LogP contribution >= 0.6 is 6.11 Å². The molecule has 2 heteroatoms. The molecule has 0 nitrogen and oxygen atoms in total. The Bertz CT molecular complexity index is 71.3. The van der Waals surface area contributed by atoms with Crippen molar-refractivity contribution >= 4 is 6.11 Å². The van der Waals surface area contributed by atoms with Gasteiger partial charge in [-0.05, 0) is 0 Å². The first-order valence-electron chi connectivity index (χ1n) is 3.41. The summed E-state index contributed by atoms with van der Waals surface area (Å²) in [5.41, 5.74) is 0. The first-order valence-corrected chi connectivity index (χ1v) is 7.04. The third kappa shape index (κ3) is 11.4. The van der Waals surface area contributed by atoms with Crippen molar-refractivity contribution < 1.29 is 18.7 Å². The fourth-order valence-corrected chi connectivity index (χ4v) is 2.22. The summed E-state index contributed by atoms with van der Waals surface area (Å²) in [6, 6.07) is 0. The van der Waals surface area contributed by atoms with Gasteiger partial charge in [-0.1, -0.05) is 13.8 Å². The number of hydrogen-bond acceptors (Lipinski definition) is 0. The Morgan fingerprint density at radius 2 is 1.50 bits per heavy atom. The summed E-state index contributed by atoms with van der Waals surface area (Å²) in [6.07, 6.45) is 6.12. The number of rotatable bonds is 4. The van der Waals surface area contributed by atoms with Crippen LogP contribution in [-0.2, 0) is 18.7 Å². The zero-order valence-electron chi connectivity index (χ0n) is 6.75. The molecule has 0 aromatic rings. The molecule has 0 spiro atoms. The molecule has 0 aromatic heterocycles. The van der Waals surface area contributed by atoms with Crippen LogP contribution < -0.4 is 0 Å². The number of hydrogen-bond donors (Lipinski definition) is 0. The molecule has 0 saturated heterocycles. The maximum atomic E-state index is 3.64. The summed E-state index contributed by atoms with van der Waals surface area (Å²) in [6.45, 7) is 11.3. The van der Waals surface area contributed by atoms with Gasteiger partial charge in [-0.2, -0.15) is 0 Å². The van der Waals surface area contributed by atoms with Crippen molar-refractivity contribution in [1.82, 2.24) is 0 Å². The molecule has 0 bridgehead atoms. The molecular weight excluding hydrogens is 233 g/mol. The van der Waals surface area contributed by atoms with Gasteiger partial charge in [0.25, 0.3) is 0 Å². The van der Waals surface area contributed by atoms with Crippen LogP contribution in [0.15, 0.2) is 25.3 Å². The van der Waals surface area contributed by atoms with Gasteiger partial charge in [0.2, 0.25) is 0 Å². The van der Waals surface area contributed by atoms with Gasteiger partial charge in [0.15, 0.2) is 0 Å². The fourth-order valence-electron chi connectivity index (χ4n) is 0.339. The molecule has 0 rings (SSSR count). The second-order valence-corrected chi connectivity index (χ2v) is 5.89. The molecule has 0 aliphatic carbocycles. The van der Waals surface area contributed by atoms with Crippen LogP contribution in [0.25, 0.3) is 0 Å². The predicted octanol–water partition coefficient (Wildman–Crippen LogP) is 3.33. The van der Waals surface area contributed by atoms with Crippen LogP contribution in [0.5, 0.6) is 0 Å². The summed E-state index contributed by atoms with van der Waals surface area (Å²) in [5.74, 6) is 0. The van der Waals surface area contributed by atoms with E-state index in [1.165, 1.54) is 0 Å². The third-order valence-electron chi connectivity index (χ3n) is 0.632. The monoisotopic (exact) mass is 249 g/mol. The maximum Gasteiger partial charge on any atom is -0.0683 e. The first kappa shape index (κ1) is 13.2.